The van der Waals surface area contributed by atoms with Crippen molar-refractivity contribution in [1.82, 2.24) is 14.5 Å². The minimum Gasteiger partial charge on any atom is -0.478 e. The molecule has 3 aliphatic heterocycles. The van der Waals surface area contributed by atoms with Gasteiger partial charge in [0.2, 0.25) is 0 Å². The molecule has 230 valence electrons. The molecular formula is C33H32ClF2N3O5. The summed E-state index contributed by atoms with van der Waals surface area (Å²) < 4.78 is 50.2. The Balaban J connectivity index is 1.12. The van der Waals surface area contributed by atoms with E-state index in [2.05, 4.69) is 9.47 Å². The van der Waals surface area contributed by atoms with E-state index in [4.69, 9.17) is 30.8 Å². The molecule has 7 rings (SSSR count). The summed E-state index contributed by atoms with van der Waals surface area (Å²) in [6, 6.07) is 16.5. The molecule has 0 saturated carbocycles. The molecule has 4 aromatic rings. The standard InChI is InChI=1S/C33H32ClF2N3O5/c34-22-6-7-25(26(36)16-22)33(19-35)43-29-4-2-1-3-24(29)31(44-33)20-9-12-38(13-10-20)18-30-37-27-8-5-21(32(40)41)15-28(27)39(30)17-23-11-14-42-23/h1-8,15-16,20,23,31H,9-14,17-19H2,(H,40,41)/t23-,31?,33?/m0/s1. The van der Waals surface area contributed by atoms with Crippen LogP contribution in [0.1, 0.15) is 52.7 Å². The third kappa shape index (κ3) is 5.34. The molecule has 8 nitrogen and oxygen atoms in total. The van der Waals surface area contributed by atoms with Crippen LogP contribution in [-0.2, 0) is 28.4 Å². The van der Waals surface area contributed by atoms with E-state index in [0.717, 1.165) is 67.4 Å². The van der Waals surface area contributed by atoms with E-state index in [1.807, 2.05) is 18.2 Å². The normalized spacial score (nSPS) is 24.1. The average molecular weight is 624 g/mol. The maximum absolute atomic E-state index is 15.1. The van der Waals surface area contributed by atoms with Gasteiger partial charge < -0.3 is 23.9 Å². The molecule has 0 radical (unpaired) electrons. The number of hydrogen-bond acceptors (Lipinski definition) is 6. The van der Waals surface area contributed by atoms with E-state index < -0.39 is 30.4 Å². The number of rotatable bonds is 8. The van der Waals surface area contributed by atoms with Crippen molar-refractivity contribution in [3.63, 3.8) is 0 Å². The largest absolute Gasteiger partial charge is 0.478 e. The van der Waals surface area contributed by atoms with Crippen LogP contribution in [0.15, 0.2) is 60.7 Å². The number of likely N-dealkylation sites (tertiary alicyclic amines) is 1. The van der Waals surface area contributed by atoms with Crippen molar-refractivity contribution < 1.29 is 32.9 Å². The molecule has 3 aliphatic rings. The highest BCUT2D eigenvalue weighted by atomic mass is 35.5. The van der Waals surface area contributed by atoms with Gasteiger partial charge in [0.05, 0.1) is 47.5 Å². The van der Waals surface area contributed by atoms with Gasteiger partial charge in [-0.25, -0.2) is 18.6 Å². The van der Waals surface area contributed by atoms with Crippen LogP contribution >= 0.6 is 11.6 Å². The number of imidazole rings is 1. The van der Waals surface area contributed by atoms with Crippen LogP contribution in [0.5, 0.6) is 5.75 Å². The molecule has 0 bridgehead atoms. The van der Waals surface area contributed by atoms with Gasteiger partial charge >= 0.3 is 5.97 Å². The maximum atomic E-state index is 15.1. The first-order chi connectivity index (χ1) is 21.3. The Bertz CT molecular complexity index is 1700. The quantitative estimate of drug-likeness (QED) is 0.240. The van der Waals surface area contributed by atoms with Crippen LogP contribution in [-0.4, -0.2) is 58.0 Å². The van der Waals surface area contributed by atoms with Crippen LogP contribution in [0, 0.1) is 11.7 Å². The van der Waals surface area contributed by atoms with Crippen LogP contribution in [0.25, 0.3) is 11.0 Å². The van der Waals surface area contributed by atoms with Gasteiger partial charge in [0.25, 0.3) is 5.79 Å². The van der Waals surface area contributed by atoms with Crippen LogP contribution in [0.4, 0.5) is 8.78 Å². The summed E-state index contributed by atoms with van der Waals surface area (Å²) in [5.74, 6) is -2.21. The highest BCUT2D eigenvalue weighted by molar-refractivity contribution is 6.30. The van der Waals surface area contributed by atoms with Crippen molar-refractivity contribution >= 4 is 28.6 Å². The lowest BCUT2D eigenvalue weighted by atomic mass is 9.85. The zero-order valence-electron chi connectivity index (χ0n) is 23.9. The van der Waals surface area contributed by atoms with Crippen LogP contribution < -0.4 is 4.74 Å². The SMILES string of the molecule is O=C(O)c1ccc2nc(CN3CCC(C4OC(CF)(c5ccc(Cl)cc5F)Oc5ccccc54)CC3)n(C[C@@H]3CCO3)c2c1. The lowest BCUT2D eigenvalue weighted by Gasteiger charge is -2.45. The number of carboxylic acids is 1. The lowest BCUT2D eigenvalue weighted by Crippen LogP contribution is -2.46. The highest BCUT2D eigenvalue weighted by Crippen LogP contribution is 2.49. The zero-order valence-corrected chi connectivity index (χ0v) is 24.7. The first-order valence-electron chi connectivity index (χ1n) is 14.9. The lowest BCUT2D eigenvalue weighted by molar-refractivity contribution is -0.261. The van der Waals surface area contributed by atoms with Crippen molar-refractivity contribution in [1.29, 1.82) is 0 Å². The molecule has 0 spiro atoms. The monoisotopic (exact) mass is 623 g/mol. The number of carbonyl (C=O) groups is 1. The van der Waals surface area contributed by atoms with E-state index in [9.17, 15) is 14.3 Å². The van der Waals surface area contributed by atoms with Gasteiger partial charge in [0.1, 0.15) is 17.4 Å². The first-order valence-corrected chi connectivity index (χ1v) is 15.2. The summed E-state index contributed by atoms with van der Waals surface area (Å²) >= 11 is 5.98. The van der Waals surface area contributed by atoms with Gasteiger partial charge in [-0.2, -0.15) is 0 Å². The number of aromatic nitrogens is 2. The third-order valence-corrected chi connectivity index (χ3v) is 9.25. The number of hydrogen-bond donors (Lipinski definition) is 1. The number of aromatic carboxylic acids is 1. The summed E-state index contributed by atoms with van der Waals surface area (Å²) in [5.41, 5.74) is 2.56. The predicted octanol–water partition coefficient (Wildman–Crippen LogP) is 6.50. The van der Waals surface area contributed by atoms with Gasteiger partial charge in [0, 0.05) is 17.2 Å². The molecule has 2 saturated heterocycles. The number of halogens is 3. The molecule has 11 heteroatoms. The Morgan fingerprint density at radius 3 is 2.59 bits per heavy atom. The number of carboxylic acid groups (broad SMARTS) is 1. The number of para-hydroxylation sites is 1. The number of fused-ring (bicyclic) bond motifs is 2. The second-order valence-corrected chi connectivity index (χ2v) is 12.2. The second kappa shape index (κ2) is 11.7. The molecule has 1 aromatic heterocycles. The fourth-order valence-electron chi connectivity index (χ4n) is 6.55. The first kappa shape index (κ1) is 29.2. The maximum Gasteiger partial charge on any atom is 0.335 e. The number of alkyl halides is 1. The van der Waals surface area contributed by atoms with Gasteiger partial charge in [-0.1, -0.05) is 29.8 Å². The summed E-state index contributed by atoms with van der Waals surface area (Å²) in [7, 11) is 0. The molecule has 3 aromatic carbocycles. The Morgan fingerprint density at radius 1 is 1.09 bits per heavy atom. The fourth-order valence-corrected chi connectivity index (χ4v) is 6.71. The predicted molar refractivity (Wildman–Crippen MR) is 159 cm³/mol. The summed E-state index contributed by atoms with van der Waals surface area (Å²) in [6.07, 6.45) is 2.06. The van der Waals surface area contributed by atoms with E-state index in [-0.39, 0.29) is 28.2 Å². The van der Waals surface area contributed by atoms with Crippen molar-refractivity contribution in [3.05, 3.63) is 94.0 Å². The van der Waals surface area contributed by atoms with Crippen LogP contribution in [0.3, 0.4) is 0 Å². The Morgan fingerprint density at radius 2 is 1.89 bits per heavy atom. The highest BCUT2D eigenvalue weighted by Gasteiger charge is 2.48. The molecule has 0 amide bonds. The number of nitrogens with zero attached hydrogens (tertiary/aromatic N) is 3. The van der Waals surface area contributed by atoms with E-state index in [0.29, 0.717) is 18.8 Å². The summed E-state index contributed by atoms with van der Waals surface area (Å²) in [6.45, 7) is 2.35. The molecule has 2 fully saturated rings. The third-order valence-electron chi connectivity index (χ3n) is 9.01. The number of ether oxygens (including phenoxy) is 3. The summed E-state index contributed by atoms with van der Waals surface area (Å²) in [4.78, 5) is 18.9. The molecule has 1 N–H and O–H groups in total. The van der Waals surface area contributed by atoms with Crippen molar-refractivity contribution in [2.24, 2.45) is 5.92 Å². The number of piperidine rings is 1. The van der Waals surface area contributed by atoms with E-state index in [1.54, 1.807) is 24.3 Å². The fraction of sp³-hybridized carbons (Fsp3) is 0.394. The smallest absolute Gasteiger partial charge is 0.335 e. The molecule has 44 heavy (non-hydrogen) atoms. The van der Waals surface area contributed by atoms with Crippen molar-refractivity contribution in [2.75, 3.05) is 26.4 Å². The minimum absolute atomic E-state index is 0.0262. The summed E-state index contributed by atoms with van der Waals surface area (Å²) in [5, 5.41) is 9.75. The Kier molecular flexibility index (Phi) is 7.78. The minimum atomic E-state index is -1.92. The van der Waals surface area contributed by atoms with Crippen molar-refractivity contribution in [3.8, 4) is 5.75 Å². The average Bonchev–Trinajstić information content (AvgIpc) is 3.34. The number of benzene rings is 3. The van der Waals surface area contributed by atoms with Gasteiger partial charge in [-0.05, 0) is 80.7 Å². The van der Waals surface area contributed by atoms with Gasteiger partial charge in [-0.15, -0.1) is 0 Å². The topological polar surface area (TPSA) is 86.0 Å². The Labute approximate surface area is 258 Å². The van der Waals surface area contributed by atoms with E-state index >= 15 is 4.39 Å². The molecule has 2 unspecified atom stereocenters. The molecule has 0 aliphatic carbocycles. The van der Waals surface area contributed by atoms with Crippen molar-refractivity contribution in [2.45, 2.75) is 50.3 Å². The zero-order chi connectivity index (χ0) is 30.4. The Hall–Kier alpha value is -3.57. The van der Waals surface area contributed by atoms with E-state index in [1.165, 1.54) is 12.1 Å². The molecule has 3 atom stereocenters. The van der Waals surface area contributed by atoms with Gasteiger partial charge in [-0.3, -0.25) is 4.90 Å². The second-order valence-electron chi connectivity index (χ2n) is 11.7. The van der Waals surface area contributed by atoms with Crippen LogP contribution in [0.2, 0.25) is 5.02 Å². The molecular weight excluding hydrogens is 592 g/mol. The van der Waals surface area contributed by atoms with Gasteiger partial charge in [0.15, 0.2) is 6.67 Å². The molecule has 4 heterocycles.